The molecule has 0 saturated carbocycles. The number of hydrogen-bond donors (Lipinski definition) is 2. The van der Waals surface area contributed by atoms with Gasteiger partial charge in [0.15, 0.2) is 0 Å². The highest BCUT2D eigenvalue weighted by atomic mass is 19.1. The molecule has 1 unspecified atom stereocenters. The maximum atomic E-state index is 14.5. The Hall–Kier alpha value is -3.47. The third kappa shape index (κ3) is 5.82. The molecule has 3 aromatic carbocycles. The van der Waals surface area contributed by atoms with Crippen molar-refractivity contribution in [3.63, 3.8) is 0 Å². The smallest absolute Gasteiger partial charge is 0.254 e. The standard InChI is InChI=1S/C27H29FN2O2/c1-18(2)24(16-20-10-6-4-7-11-20)30-25(31)17-29-27(32)26-19(3)22(14-15-23(26)28)21-12-8-5-9-13-21/h4-15,18,24H,16-17H2,1-3H3,(H,29,32)(H,30,31). The average Bonchev–Trinajstić information content (AvgIpc) is 2.78. The summed E-state index contributed by atoms with van der Waals surface area (Å²) < 4.78 is 14.5. The largest absolute Gasteiger partial charge is 0.351 e. The van der Waals surface area contributed by atoms with Crippen LogP contribution in [0.25, 0.3) is 11.1 Å². The van der Waals surface area contributed by atoms with Crippen LogP contribution < -0.4 is 10.6 Å². The molecule has 1 atom stereocenters. The van der Waals surface area contributed by atoms with Gasteiger partial charge in [-0.3, -0.25) is 9.59 Å². The zero-order valence-corrected chi connectivity index (χ0v) is 18.7. The fraction of sp³-hybridized carbons (Fsp3) is 0.259. The van der Waals surface area contributed by atoms with Crippen LogP contribution in [0.3, 0.4) is 0 Å². The minimum absolute atomic E-state index is 0.0381. The van der Waals surface area contributed by atoms with E-state index >= 15 is 0 Å². The Bertz CT molecular complexity index is 1070. The lowest BCUT2D eigenvalue weighted by Crippen LogP contribution is -2.45. The van der Waals surface area contributed by atoms with Crippen molar-refractivity contribution in [3.8, 4) is 11.1 Å². The summed E-state index contributed by atoms with van der Waals surface area (Å²) in [7, 11) is 0. The van der Waals surface area contributed by atoms with Crippen molar-refractivity contribution in [2.24, 2.45) is 5.92 Å². The molecule has 0 aliphatic heterocycles. The minimum Gasteiger partial charge on any atom is -0.351 e. The van der Waals surface area contributed by atoms with Gasteiger partial charge in [0.05, 0.1) is 12.1 Å². The molecular weight excluding hydrogens is 403 g/mol. The molecule has 0 fully saturated rings. The molecule has 0 aliphatic carbocycles. The predicted octanol–water partition coefficient (Wildman–Crippen LogP) is 4.91. The average molecular weight is 433 g/mol. The molecule has 32 heavy (non-hydrogen) atoms. The first-order chi connectivity index (χ1) is 15.4. The third-order valence-electron chi connectivity index (χ3n) is 5.59. The molecule has 0 heterocycles. The van der Waals surface area contributed by atoms with Gasteiger partial charge in [0, 0.05) is 6.04 Å². The molecule has 3 rings (SSSR count). The second kappa shape index (κ2) is 10.7. The summed E-state index contributed by atoms with van der Waals surface area (Å²) in [5.41, 5.74) is 3.31. The van der Waals surface area contributed by atoms with Gasteiger partial charge in [0.1, 0.15) is 5.82 Å². The van der Waals surface area contributed by atoms with Crippen molar-refractivity contribution < 1.29 is 14.0 Å². The van der Waals surface area contributed by atoms with Gasteiger partial charge in [-0.2, -0.15) is 0 Å². The second-order valence-corrected chi connectivity index (χ2v) is 8.25. The molecule has 0 saturated heterocycles. The van der Waals surface area contributed by atoms with Crippen molar-refractivity contribution in [3.05, 3.63) is 95.3 Å². The summed E-state index contributed by atoms with van der Waals surface area (Å²) in [5, 5.41) is 5.57. The Labute approximate surface area is 188 Å². The molecule has 2 amide bonds. The minimum atomic E-state index is -0.607. The van der Waals surface area contributed by atoms with E-state index in [9.17, 15) is 14.0 Å². The van der Waals surface area contributed by atoms with E-state index in [1.807, 2.05) is 74.5 Å². The SMILES string of the molecule is Cc1c(-c2ccccc2)ccc(F)c1C(=O)NCC(=O)NC(Cc1ccccc1)C(C)C. The topological polar surface area (TPSA) is 58.2 Å². The van der Waals surface area contributed by atoms with Crippen LogP contribution in [-0.2, 0) is 11.2 Å². The van der Waals surface area contributed by atoms with Crippen molar-refractivity contribution in [1.29, 1.82) is 0 Å². The molecule has 0 bridgehead atoms. The van der Waals surface area contributed by atoms with E-state index in [0.717, 1.165) is 16.7 Å². The van der Waals surface area contributed by atoms with Crippen LogP contribution in [0.5, 0.6) is 0 Å². The number of carbonyl (C=O) groups is 2. The normalized spacial score (nSPS) is 11.8. The van der Waals surface area contributed by atoms with Gasteiger partial charge in [0.2, 0.25) is 5.91 Å². The number of halogens is 1. The van der Waals surface area contributed by atoms with Crippen LogP contribution in [0.15, 0.2) is 72.8 Å². The maximum Gasteiger partial charge on any atom is 0.254 e. The Morgan fingerprint density at radius 2 is 1.53 bits per heavy atom. The molecule has 166 valence electrons. The van der Waals surface area contributed by atoms with Crippen LogP contribution >= 0.6 is 0 Å². The van der Waals surface area contributed by atoms with Crippen molar-refractivity contribution in [2.45, 2.75) is 33.2 Å². The van der Waals surface area contributed by atoms with Gasteiger partial charge in [-0.25, -0.2) is 4.39 Å². The lowest BCUT2D eigenvalue weighted by molar-refractivity contribution is -0.121. The van der Waals surface area contributed by atoms with E-state index < -0.39 is 11.7 Å². The van der Waals surface area contributed by atoms with Crippen LogP contribution in [0.1, 0.15) is 35.3 Å². The van der Waals surface area contributed by atoms with Crippen molar-refractivity contribution in [2.75, 3.05) is 6.54 Å². The van der Waals surface area contributed by atoms with E-state index in [-0.39, 0.29) is 30.0 Å². The maximum absolute atomic E-state index is 14.5. The second-order valence-electron chi connectivity index (χ2n) is 8.25. The fourth-order valence-corrected chi connectivity index (χ4v) is 3.72. The highest BCUT2D eigenvalue weighted by molar-refractivity contribution is 5.99. The molecule has 0 spiro atoms. The van der Waals surface area contributed by atoms with E-state index in [4.69, 9.17) is 0 Å². The van der Waals surface area contributed by atoms with Gasteiger partial charge >= 0.3 is 0 Å². The Morgan fingerprint density at radius 3 is 2.16 bits per heavy atom. The van der Waals surface area contributed by atoms with Gasteiger partial charge in [-0.05, 0) is 47.6 Å². The molecule has 3 aromatic rings. The highest BCUT2D eigenvalue weighted by Crippen LogP contribution is 2.27. The molecule has 0 aromatic heterocycles. The van der Waals surface area contributed by atoms with Gasteiger partial charge in [-0.1, -0.05) is 80.6 Å². The Balaban J connectivity index is 1.66. The summed E-state index contributed by atoms with van der Waals surface area (Å²) in [6, 6.07) is 22.3. The van der Waals surface area contributed by atoms with E-state index in [2.05, 4.69) is 10.6 Å². The van der Waals surface area contributed by atoms with E-state index in [1.54, 1.807) is 13.0 Å². The fourth-order valence-electron chi connectivity index (χ4n) is 3.72. The number of nitrogens with one attached hydrogen (secondary N) is 2. The quantitative estimate of drug-likeness (QED) is 0.531. The van der Waals surface area contributed by atoms with Crippen LogP contribution in [0.4, 0.5) is 4.39 Å². The molecule has 2 N–H and O–H groups in total. The number of hydrogen-bond acceptors (Lipinski definition) is 2. The monoisotopic (exact) mass is 432 g/mol. The first-order valence-corrected chi connectivity index (χ1v) is 10.8. The number of benzene rings is 3. The van der Waals surface area contributed by atoms with Crippen LogP contribution in [-0.4, -0.2) is 24.4 Å². The lowest BCUT2D eigenvalue weighted by atomic mass is 9.95. The summed E-state index contributed by atoms with van der Waals surface area (Å²) in [5.74, 6) is -1.29. The third-order valence-corrected chi connectivity index (χ3v) is 5.59. The molecule has 0 radical (unpaired) electrons. The number of amides is 2. The Morgan fingerprint density at radius 1 is 0.906 bits per heavy atom. The summed E-state index contributed by atoms with van der Waals surface area (Å²) >= 11 is 0. The number of carbonyl (C=O) groups excluding carboxylic acids is 2. The van der Waals surface area contributed by atoms with Crippen LogP contribution in [0, 0.1) is 18.7 Å². The molecule has 5 heteroatoms. The Kier molecular flexibility index (Phi) is 7.77. The van der Waals surface area contributed by atoms with Crippen molar-refractivity contribution in [1.82, 2.24) is 10.6 Å². The molecule has 0 aliphatic rings. The predicted molar refractivity (Wildman–Crippen MR) is 126 cm³/mol. The first kappa shape index (κ1) is 23.2. The number of rotatable bonds is 8. The zero-order chi connectivity index (χ0) is 23.1. The van der Waals surface area contributed by atoms with Crippen molar-refractivity contribution >= 4 is 11.8 Å². The van der Waals surface area contributed by atoms with E-state index in [1.165, 1.54) is 6.07 Å². The van der Waals surface area contributed by atoms with Crippen LogP contribution in [0.2, 0.25) is 0 Å². The first-order valence-electron chi connectivity index (χ1n) is 10.8. The lowest BCUT2D eigenvalue weighted by Gasteiger charge is -2.23. The van der Waals surface area contributed by atoms with Gasteiger partial charge < -0.3 is 10.6 Å². The molecular formula is C27H29FN2O2. The zero-order valence-electron chi connectivity index (χ0n) is 18.7. The summed E-state index contributed by atoms with van der Waals surface area (Å²) in [4.78, 5) is 25.3. The highest BCUT2D eigenvalue weighted by Gasteiger charge is 2.20. The summed E-state index contributed by atoms with van der Waals surface area (Å²) in [6.45, 7) is 5.58. The van der Waals surface area contributed by atoms with E-state index in [0.29, 0.717) is 12.0 Å². The molecule has 4 nitrogen and oxygen atoms in total. The van der Waals surface area contributed by atoms with Gasteiger partial charge in [0.25, 0.3) is 5.91 Å². The summed E-state index contributed by atoms with van der Waals surface area (Å²) in [6.07, 6.45) is 0.699. The van der Waals surface area contributed by atoms with Gasteiger partial charge in [-0.15, -0.1) is 0 Å².